The Balaban J connectivity index is 1.71. The van der Waals surface area contributed by atoms with Crippen LogP contribution >= 0.6 is 0 Å². The molecule has 0 radical (unpaired) electrons. The Morgan fingerprint density at radius 3 is 1.80 bits per heavy atom. The highest BCUT2D eigenvalue weighted by Gasteiger charge is 2.34. The van der Waals surface area contributed by atoms with Crippen LogP contribution in [0.2, 0.25) is 0 Å². The maximum Gasteiger partial charge on any atom is 0.435 e. The predicted octanol–water partition coefficient (Wildman–Crippen LogP) is 6.37. The average molecular weight is 405 g/mol. The van der Waals surface area contributed by atoms with Gasteiger partial charge in [0.2, 0.25) is 0 Å². The number of aryl methyl sites for hydroxylation is 1. The zero-order valence-electron chi connectivity index (χ0n) is 16.1. The molecule has 4 rings (SSSR count). The number of halogens is 3. The van der Waals surface area contributed by atoms with Crippen molar-refractivity contribution in [3.63, 3.8) is 0 Å². The second-order valence-corrected chi connectivity index (χ2v) is 6.79. The molecule has 0 bridgehead atoms. The molecule has 6 heteroatoms. The molecule has 0 atom stereocenters. The van der Waals surface area contributed by atoms with Crippen molar-refractivity contribution in [1.29, 1.82) is 0 Å². The summed E-state index contributed by atoms with van der Waals surface area (Å²) in [5.41, 5.74) is 3.52. The third kappa shape index (κ3) is 4.17. The summed E-state index contributed by atoms with van der Waals surface area (Å²) in [6.45, 7) is 1.59. The van der Waals surface area contributed by atoms with Crippen molar-refractivity contribution < 1.29 is 13.2 Å². The summed E-state index contributed by atoms with van der Waals surface area (Å²) in [5, 5.41) is 3.69. The monoisotopic (exact) mass is 405 g/mol. The molecular weight excluding hydrogens is 387 g/mol. The number of benzene rings is 3. The van der Waals surface area contributed by atoms with Gasteiger partial charge in [0.1, 0.15) is 0 Å². The first-order valence-corrected chi connectivity index (χ1v) is 9.36. The van der Waals surface area contributed by atoms with E-state index in [0.29, 0.717) is 17.1 Å². The lowest BCUT2D eigenvalue weighted by atomic mass is 10.0. The van der Waals surface area contributed by atoms with E-state index in [1.807, 2.05) is 60.7 Å². The molecule has 3 nitrogen and oxygen atoms in total. The summed E-state index contributed by atoms with van der Waals surface area (Å²) in [5.74, 6) is 0. The summed E-state index contributed by atoms with van der Waals surface area (Å²) in [4.78, 5) is 4.81. The first kappa shape index (κ1) is 19.6. The molecule has 1 aromatic heterocycles. The molecule has 0 spiro atoms. The minimum absolute atomic E-state index is 0.410. The number of aliphatic imine (C=N–C) groups is 1. The van der Waals surface area contributed by atoms with Crippen LogP contribution in [0.15, 0.2) is 96.0 Å². The summed E-state index contributed by atoms with van der Waals surface area (Å²) in [6, 6.07) is 27.7. The van der Waals surface area contributed by atoms with Crippen LogP contribution < -0.4 is 0 Å². The molecule has 150 valence electrons. The van der Waals surface area contributed by atoms with E-state index in [4.69, 9.17) is 4.99 Å². The van der Waals surface area contributed by atoms with Gasteiger partial charge in [-0.3, -0.25) is 0 Å². The van der Waals surface area contributed by atoms with Crippen molar-refractivity contribution in [2.24, 2.45) is 4.99 Å². The van der Waals surface area contributed by atoms with E-state index in [0.717, 1.165) is 22.9 Å². The molecule has 0 saturated carbocycles. The number of nitrogens with zero attached hydrogens (tertiary/aromatic N) is 3. The Bertz CT molecular complexity index is 1120. The summed E-state index contributed by atoms with van der Waals surface area (Å²) < 4.78 is 40.1. The van der Waals surface area contributed by atoms with Gasteiger partial charge in [-0.05, 0) is 37.3 Å². The second kappa shape index (κ2) is 7.99. The van der Waals surface area contributed by atoms with Gasteiger partial charge < -0.3 is 0 Å². The Hall–Kier alpha value is -3.67. The predicted molar refractivity (Wildman–Crippen MR) is 111 cm³/mol. The smallest absolute Gasteiger partial charge is 0.248 e. The average Bonchev–Trinajstić information content (AvgIpc) is 3.16. The Morgan fingerprint density at radius 1 is 0.800 bits per heavy atom. The lowest BCUT2D eigenvalue weighted by Gasteiger charge is -2.09. The quantitative estimate of drug-likeness (QED) is 0.363. The van der Waals surface area contributed by atoms with Crippen molar-refractivity contribution in [2.75, 3.05) is 0 Å². The Labute approximate surface area is 172 Å². The van der Waals surface area contributed by atoms with Gasteiger partial charge in [0, 0.05) is 16.8 Å². The highest BCUT2D eigenvalue weighted by Crippen LogP contribution is 2.29. The van der Waals surface area contributed by atoms with Gasteiger partial charge >= 0.3 is 6.18 Å². The lowest BCUT2D eigenvalue weighted by molar-refractivity contribution is -0.141. The standard InChI is InChI=1S/C24H18F3N3/c1-17-16-22(24(25,26)27)29-30(17)21-14-12-20(13-15-21)28-23(18-8-4-2-5-9-18)19-10-6-3-7-11-19/h2-16H,1H3. The minimum atomic E-state index is -4.47. The Kier molecular flexibility index (Phi) is 5.23. The molecule has 0 unspecified atom stereocenters. The van der Waals surface area contributed by atoms with Crippen LogP contribution in [0.4, 0.5) is 18.9 Å². The van der Waals surface area contributed by atoms with Crippen LogP contribution in [0.5, 0.6) is 0 Å². The lowest BCUT2D eigenvalue weighted by Crippen LogP contribution is -2.07. The molecule has 0 fully saturated rings. The molecule has 0 amide bonds. The maximum absolute atomic E-state index is 12.9. The zero-order valence-corrected chi connectivity index (χ0v) is 16.1. The van der Waals surface area contributed by atoms with Gasteiger partial charge in [-0.25, -0.2) is 9.67 Å². The highest BCUT2D eigenvalue weighted by atomic mass is 19.4. The van der Waals surface area contributed by atoms with E-state index in [-0.39, 0.29) is 0 Å². The van der Waals surface area contributed by atoms with Crippen molar-refractivity contribution >= 4 is 11.4 Å². The SMILES string of the molecule is Cc1cc(C(F)(F)F)nn1-c1ccc(N=C(c2ccccc2)c2ccccc2)cc1. The van der Waals surface area contributed by atoms with E-state index < -0.39 is 11.9 Å². The van der Waals surface area contributed by atoms with Gasteiger partial charge in [0.15, 0.2) is 5.69 Å². The number of alkyl halides is 3. The zero-order chi connectivity index (χ0) is 21.1. The third-order valence-corrected chi connectivity index (χ3v) is 4.61. The molecule has 0 aliphatic rings. The molecule has 4 aromatic rings. The largest absolute Gasteiger partial charge is 0.435 e. The van der Waals surface area contributed by atoms with E-state index >= 15 is 0 Å². The highest BCUT2D eigenvalue weighted by molar-refractivity contribution is 6.13. The molecule has 0 aliphatic heterocycles. The van der Waals surface area contributed by atoms with Crippen LogP contribution in [0.3, 0.4) is 0 Å². The molecule has 1 heterocycles. The van der Waals surface area contributed by atoms with Crippen molar-refractivity contribution in [2.45, 2.75) is 13.1 Å². The fourth-order valence-electron chi connectivity index (χ4n) is 3.16. The van der Waals surface area contributed by atoms with Gasteiger partial charge in [-0.15, -0.1) is 0 Å². The van der Waals surface area contributed by atoms with Crippen LogP contribution in [-0.4, -0.2) is 15.5 Å². The van der Waals surface area contributed by atoms with Crippen molar-refractivity contribution in [3.8, 4) is 5.69 Å². The first-order valence-electron chi connectivity index (χ1n) is 9.36. The summed E-state index contributed by atoms with van der Waals surface area (Å²) >= 11 is 0. The molecule has 0 saturated heterocycles. The summed E-state index contributed by atoms with van der Waals surface area (Å²) in [7, 11) is 0. The number of hydrogen-bond donors (Lipinski definition) is 0. The van der Waals surface area contributed by atoms with Gasteiger partial charge in [0.05, 0.1) is 17.1 Å². The van der Waals surface area contributed by atoms with Gasteiger partial charge in [0.25, 0.3) is 0 Å². The minimum Gasteiger partial charge on any atom is -0.248 e. The Morgan fingerprint density at radius 2 is 1.33 bits per heavy atom. The van der Waals surface area contributed by atoms with Crippen LogP contribution in [0.1, 0.15) is 22.5 Å². The number of rotatable bonds is 4. The van der Waals surface area contributed by atoms with E-state index in [1.165, 1.54) is 4.68 Å². The van der Waals surface area contributed by atoms with Crippen molar-refractivity contribution in [1.82, 2.24) is 9.78 Å². The van der Waals surface area contributed by atoms with Crippen LogP contribution in [0.25, 0.3) is 5.69 Å². The van der Waals surface area contributed by atoms with E-state index in [2.05, 4.69) is 5.10 Å². The molecule has 0 N–H and O–H groups in total. The fraction of sp³-hybridized carbons (Fsp3) is 0.0833. The second-order valence-electron chi connectivity index (χ2n) is 6.79. The molecular formula is C24H18F3N3. The summed E-state index contributed by atoms with van der Waals surface area (Å²) in [6.07, 6.45) is -4.47. The van der Waals surface area contributed by atoms with Crippen LogP contribution in [0, 0.1) is 6.92 Å². The number of aromatic nitrogens is 2. The van der Waals surface area contributed by atoms with E-state index in [9.17, 15) is 13.2 Å². The maximum atomic E-state index is 12.9. The van der Waals surface area contributed by atoms with E-state index in [1.54, 1.807) is 31.2 Å². The van der Waals surface area contributed by atoms with Crippen molar-refractivity contribution in [3.05, 3.63) is 114 Å². The normalized spacial score (nSPS) is 11.3. The molecule has 0 aliphatic carbocycles. The fourth-order valence-corrected chi connectivity index (χ4v) is 3.16. The first-order chi connectivity index (χ1) is 14.4. The van der Waals surface area contributed by atoms with Crippen LogP contribution in [-0.2, 0) is 6.18 Å². The van der Waals surface area contributed by atoms with Gasteiger partial charge in [-0.2, -0.15) is 18.3 Å². The van der Waals surface area contributed by atoms with Gasteiger partial charge in [-0.1, -0.05) is 60.7 Å². The molecule has 30 heavy (non-hydrogen) atoms. The molecule has 3 aromatic carbocycles. The third-order valence-electron chi connectivity index (χ3n) is 4.61. The topological polar surface area (TPSA) is 30.2 Å². The number of hydrogen-bond acceptors (Lipinski definition) is 2.